The molecule has 0 bridgehead atoms. The average Bonchev–Trinajstić information content (AvgIpc) is 3.39. The molecule has 17 heteroatoms. The molecule has 284 valence electrons. The second-order valence-corrected chi connectivity index (χ2v) is 13.3. The van der Waals surface area contributed by atoms with Crippen LogP contribution < -0.4 is 10.6 Å². The summed E-state index contributed by atoms with van der Waals surface area (Å²) in [6, 6.07) is 6.42. The number of benzene rings is 1. The maximum atomic E-state index is 13.1. The molecule has 13 nitrogen and oxygen atoms in total. The number of carboxylic acid groups (broad SMARTS) is 2. The summed E-state index contributed by atoms with van der Waals surface area (Å²) in [6.07, 6.45) is 5.14. The first-order valence-corrected chi connectivity index (χ1v) is 18.0. The Kier molecular flexibility index (Phi) is 18.5. The molecule has 2 fully saturated rings. The summed E-state index contributed by atoms with van der Waals surface area (Å²) in [7, 11) is 0. The molecule has 0 spiro atoms. The van der Waals surface area contributed by atoms with Crippen molar-refractivity contribution in [2.75, 3.05) is 19.6 Å². The van der Waals surface area contributed by atoms with Crippen LogP contribution >= 0.6 is 11.8 Å². The maximum absolute atomic E-state index is 13.1. The Morgan fingerprint density at radius 1 is 0.941 bits per heavy atom. The smallest absolute Gasteiger partial charge is 0.481 e. The summed E-state index contributed by atoms with van der Waals surface area (Å²) in [5, 5.41) is 30.0. The maximum Gasteiger partial charge on any atom is 0.490 e. The molecule has 1 aliphatic heterocycles. The highest BCUT2D eigenvalue weighted by Gasteiger charge is 2.41. The summed E-state index contributed by atoms with van der Waals surface area (Å²) in [4.78, 5) is 64.2. The third-order valence-corrected chi connectivity index (χ3v) is 9.53. The molecule has 0 radical (unpaired) electrons. The van der Waals surface area contributed by atoms with Crippen molar-refractivity contribution in [2.45, 2.75) is 114 Å². The SMILES string of the molecule is CCCCCCN1C(=NC(=O)c2ccc(C(=N)NCCCC(=O)OC3CCCCC3)cc2)SC(C(=O)NCCC(=O)O)C1C.O=C(O)C(F)(F)F. The molecule has 2 aliphatic rings. The first-order chi connectivity index (χ1) is 24.1. The van der Waals surface area contributed by atoms with Gasteiger partial charge >= 0.3 is 24.1 Å². The van der Waals surface area contributed by atoms with E-state index in [1.165, 1.54) is 18.2 Å². The number of aliphatic imine (C=N–C) groups is 1. The van der Waals surface area contributed by atoms with Crippen molar-refractivity contribution < 1.29 is 52.1 Å². The van der Waals surface area contributed by atoms with Gasteiger partial charge in [-0.25, -0.2) is 4.79 Å². The van der Waals surface area contributed by atoms with Gasteiger partial charge in [-0.3, -0.25) is 24.6 Å². The molecule has 0 aromatic heterocycles. The monoisotopic (exact) mass is 743 g/mol. The van der Waals surface area contributed by atoms with E-state index < -0.39 is 29.3 Å². The number of amides is 2. The van der Waals surface area contributed by atoms with Crippen molar-refractivity contribution in [2.24, 2.45) is 4.99 Å². The van der Waals surface area contributed by atoms with Gasteiger partial charge in [0.05, 0.1) is 6.42 Å². The molecular formula is C34H48F3N5O8S. The Balaban J connectivity index is 0.00000116. The first kappa shape index (κ1) is 43.0. The van der Waals surface area contributed by atoms with Gasteiger partial charge in [0.15, 0.2) is 5.17 Å². The number of nitrogens with one attached hydrogen (secondary N) is 3. The minimum absolute atomic E-state index is 0.0447. The largest absolute Gasteiger partial charge is 0.490 e. The third-order valence-electron chi connectivity index (χ3n) is 8.13. The molecule has 3 rings (SSSR count). The standard InChI is InChI=1S/C32H47N5O6S.C2HF3O2/c1-3-4-5-9-21-37-22(2)28(31(42)35-20-18-26(38)39)44-32(37)36-30(41)24-16-14-23(15-17-24)29(33)34-19-10-13-27(40)43-25-11-7-6-8-12-25;3-2(4,5)1(6)7/h14-17,22,25,28H,3-13,18-21H2,1-2H3,(H2,33,34)(H,35,42)(H,38,39);(H,6,7). The molecule has 1 heterocycles. The number of alkyl halides is 3. The zero-order valence-corrected chi connectivity index (χ0v) is 29.7. The van der Waals surface area contributed by atoms with Crippen LogP contribution in [0, 0.1) is 5.41 Å². The van der Waals surface area contributed by atoms with Crippen molar-refractivity contribution in [1.29, 1.82) is 5.41 Å². The Morgan fingerprint density at radius 3 is 2.16 bits per heavy atom. The predicted octanol–water partition coefficient (Wildman–Crippen LogP) is 5.36. The molecule has 1 aromatic rings. The van der Waals surface area contributed by atoms with Crippen LogP contribution in [0.2, 0.25) is 0 Å². The molecule has 1 saturated carbocycles. The highest BCUT2D eigenvalue weighted by atomic mass is 32.2. The van der Waals surface area contributed by atoms with E-state index in [0.29, 0.717) is 42.2 Å². The summed E-state index contributed by atoms with van der Waals surface area (Å²) >= 11 is 1.23. The number of aliphatic carboxylic acids is 2. The number of hydrogen-bond acceptors (Lipinski definition) is 8. The van der Waals surface area contributed by atoms with Gasteiger partial charge in [0.1, 0.15) is 17.2 Å². The van der Waals surface area contributed by atoms with Crippen molar-refractivity contribution in [3.63, 3.8) is 0 Å². The van der Waals surface area contributed by atoms with E-state index in [1.807, 2.05) is 11.8 Å². The minimum atomic E-state index is -5.08. The van der Waals surface area contributed by atoms with E-state index in [2.05, 4.69) is 22.5 Å². The lowest BCUT2D eigenvalue weighted by molar-refractivity contribution is -0.192. The van der Waals surface area contributed by atoms with Crippen LogP contribution in [0.1, 0.15) is 107 Å². The molecule has 2 unspecified atom stereocenters. The topological polar surface area (TPSA) is 199 Å². The van der Waals surface area contributed by atoms with Crippen LogP contribution in [-0.2, 0) is 23.9 Å². The van der Waals surface area contributed by atoms with Gasteiger partial charge in [0.25, 0.3) is 5.91 Å². The number of esters is 1. The summed E-state index contributed by atoms with van der Waals surface area (Å²) < 4.78 is 37.3. The summed E-state index contributed by atoms with van der Waals surface area (Å²) in [6.45, 7) is 5.23. The molecule has 1 saturated heterocycles. The lowest BCUT2D eigenvalue weighted by Gasteiger charge is -2.25. The van der Waals surface area contributed by atoms with Crippen LogP contribution in [-0.4, -0.2) is 99.0 Å². The zero-order valence-electron chi connectivity index (χ0n) is 28.9. The zero-order chi connectivity index (χ0) is 38.0. The van der Waals surface area contributed by atoms with Crippen LogP contribution in [0.25, 0.3) is 0 Å². The molecule has 2 atom stereocenters. The number of carbonyl (C=O) groups is 5. The van der Waals surface area contributed by atoms with Gasteiger partial charge in [0, 0.05) is 43.2 Å². The van der Waals surface area contributed by atoms with Crippen molar-refractivity contribution in [1.82, 2.24) is 15.5 Å². The second-order valence-electron chi connectivity index (χ2n) is 12.2. The Labute approximate surface area is 299 Å². The van der Waals surface area contributed by atoms with Crippen molar-refractivity contribution in [3.05, 3.63) is 35.4 Å². The Bertz CT molecular complexity index is 1370. The number of ether oxygens (including phenoxy) is 1. The number of amidine groups is 2. The molecule has 2 amide bonds. The lowest BCUT2D eigenvalue weighted by atomic mass is 9.98. The highest BCUT2D eigenvalue weighted by molar-refractivity contribution is 8.15. The quantitative estimate of drug-likeness (QED) is 0.0632. The van der Waals surface area contributed by atoms with E-state index in [-0.39, 0.29) is 42.8 Å². The summed E-state index contributed by atoms with van der Waals surface area (Å²) in [5.41, 5.74) is 0.978. The number of carbonyl (C=O) groups excluding carboxylic acids is 3. The molecular weight excluding hydrogens is 695 g/mol. The Morgan fingerprint density at radius 2 is 1.57 bits per heavy atom. The van der Waals surface area contributed by atoms with Gasteiger partial charge in [-0.15, -0.1) is 0 Å². The van der Waals surface area contributed by atoms with E-state index in [0.717, 1.165) is 51.4 Å². The van der Waals surface area contributed by atoms with Crippen LogP contribution in [0.15, 0.2) is 29.3 Å². The Hall–Kier alpha value is -4.15. The fraction of sp³-hybridized carbons (Fsp3) is 0.618. The van der Waals surface area contributed by atoms with Crippen LogP contribution in [0.5, 0.6) is 0 Å². The van der Waals surface area contributed by atoms with Crippen LogP contribution in [0.3, 0.4) is 0 Å². The molecule has 5 N–H and O–H groups in total. The normalized spacial score (nSPS) is 18.4. The number of halogens is 3. The molecule has 51 heavy (non-hydrogen) atoms. The fourth-order valence-corrected chi connectivity index (χ4v) is 6.58. The third kappa shape index (κ3) is 15.7. The fourth-order valence-electron chi connectivity index (χ4n) is 5.29. The van der Waals surface area contributed by atoms with Crippen molar-refractivity contribution >= 4 is 52.5 Å². The number of carboxylic acids is 2. The van der Waals surface area contributed by atoms with Gasteiger partial charge in [-0.2, -0.15) is 18.2 Å². The van der Waals surface area contributed by atoms with Crippen molar-refractivity contribution in [3.8, 4) is 0 Å². The minimum Gasteiger partial charge on any atom is -0.481 e. The van der Waals surface area contributed by atoms with E-state index in [1.54, 1.807) is 24.3 Å². The van der Waals surface area contributed by atoms with Gasteiger partial charge in [-0.1, -0.05) is 56.5 Å². The van der Waals surface area contributed by atoms with Gasteiger partial charge < -0.3 is 30.5 Å². The van der Waals surface area contributed by atoms with E-state index in [9.17, 15) is 32.3 Å². The number of nitrogens with zero attached hydrogens (tertiary/aromatic N) is 2. The predicted molar refractivity (Wildman–Crippen MR) is 186 cm³/mol. The van der Waals surface area contributed by atoms with E-state index in [4.69, 9.17) is 25.2 Å². The average molecular weight is 744 g/mol. The second kappa shape index (κ2) is 21.9. The highest BCUT2D eigenvalue weighted by Crippen LogP contribution is 2.33. The first-order valence-electron chi connectivity index (χ1n) is 17.1. The molecule has 1 aliphatic carbocycles. The van der Waals surface area contributed by atoms with Gasteiger partial charge in [0.2, 0.25) is 5.91 Å². The van der Waals surface area contributed by atoms with Crippen LogP contribution in [0.4, 0.5) is 13.2 Å². The van der Waals surface area contributed by atoms with Gasteiger partial charge in [-0.05, 0) is 57.6 Å². The van der Waals surface area contributed by atoms with E-state index >= 15 is 0 Å². The number of thioether (sulfide) groups is 1. The number of hydrogen-bond donors (Lipinski definition) is 5. The summed E-state index contributed by atoms with van der Waals surface area (Å²) in [5.74, 6) is -4.43. The number of unbranched alkanes of at least 4 members (excludes halogenated alkanes) is 3. The number of rotatable bonds is 16. The molecule has 1 aromatic carbocycles. The lowest BCUT2D eigenvalue weighted by Crippen LogP contribution is -2.43.